The molecule has 0 aliphatic carbocycles. The van der Waals surface area contributed by atoms with Crippen LogP contribution in [0.15, 0.2) is 29.3 Å². The molecule has 0 radical (unpaired) electrons. The number of imidazole rings is 2. The van der Waals surface area contributed by atoms with E-state index in [1.807, 2.05) is 23.6 Å². The van der Waals surface area contributed by atoms with Crippen LogP contribution in [-0.4, -0.2) is 24.1 Å². The maximum Gasteiger partial charge on any atom is 0.275 e. The molecular weight excluding hydrogens is 308 g/mol. The van der Waals surface area contributed by atoms with E-state index in [1.54, 1.807) is 10.8 Å². The molecule has 6 nitrogen and oxygen atoms in total. The molecule has 3 aromatic heterocycles. The molecule has 0 saturated carbocycles. The van der Waals surface area contributed by atoms with Crippen LogP contribution in [0, 0.1) is 6.57 Å². The van der Waals surface area contributed by atoms with E-state index >= 15 is 0 Å². The molecule has 0 unspecified atom stereocenters. The number of rotatable bonds is 2. The summed E-state index contributed by atoms with van der Waals surface area (Å²) in [5, 5.41) is 4.47. The molecule has 19 heavy (non-hydrogen) atoms. The topological polar surface area (TPSA) is 52.4 Å². The smallest absolute Gasteiger partial charge is 0.275 e. The molecule has 3 rings (SSSR count). The number of fused-ring (bicyclic) bond motifs is 1. The zero-order valence-corrected chi connectivity index (χ0v) is 11.7. The SMILES string of the molecule is [C-]#[N+]c1cnc2ccc(-c3c(Br)ncn3CC)nn12. The molecule has 3 aromatic rings. The summed E-state index contributed by atoms with van der Waals surface area (Å²) in [5.41, 5.74) is 2.31. The zero-order valence-electron chi connectivity index (χ0n) is 10.1. The second-order valence-corrected chi connectivity index (χ2v) is 4.64. The van der Waals surface area contributed by atoms with Gasteiger partial charge in [0.05, 0.1) is 12.5 Å². The molecule has 94 valence electrons. The lowest BCUT2D eigenvalue weighted by molar-refractivity contribution is 0.763. The zero-order chi connectivity index (χ0) is 13.4. The van der Waals surface area contributed by atoms with Gasteiger partial charge in [0.25, 0.3) is 5.82 Å². The van der Waals surface area contributed by atoms with Gasteiger partial charge in [-0.1, -0.05) is 11.7 Å². The van der Waals surface area contributed by atoms with E-state index < -0.39 is 0 Å². The van der Waals surface area contributed by atoms with Gasteiger partial charge in [-0.05, 0) is 28.9 Å². The van der Waals surface area contributed by atoms with Crippen LogP contribution in [0.5, 0.6) is 0 Å². The summed E-state index contributed by atoms with van der Waals surface area (Å²) in [7, 11) is 0. The molecule has 0 aliphatic rings. The maximum atomic E-state index is 7.11. The standard InChI is InChI=1S/C12H9BrN6/c1-3-18-7-16-12(13)11(18)8-4-5-9-15-6-10(14-2)19(9)17-8/h4-7H,3H2,1H3. The Hall–Kier alpha value is -2.20. The van der Waals surface area contributed by atoms with Gasteiger partial charge in [0.2, 0.25) is 5.65 Å². The molecule has 0 fully saturated rings. The Morgan fingerprint density at radius 1 is 1.37 bits per heavy atom. The van der Waals surface area contributed by atoms with Crippen molar-refractivity contribution in [1.82, 2.24) is 24.1 Å². The largest absolute Gasteiger partial charge is 0.360 e. The van der Waals surface area contributed by atoms with Gasteiger partial charge in [0.1, 0.15) is 16.0 Å². The van der Waals surface area contributed by atoms with Crippen LogP contribution in [0.25, 0.3) is 21.9 Å². The fourth-order valence-electron chi connectivity index (χ4n) is 1.91. The summed E-state index contributed by atoms with van der Waals surface area (Å²) >= 11 is 3.43. The quantitative estimate of drug-likeness (QED) is 0.683. The van der Waals surface area contributed by atoms with Crippen molar-refractivity contribution in [2.75, 3.05) is 0 Å². The highest BCUT2D eigenvalue weighted by atomic mass is 79.9. The molecule has 0 N–H and O–H groups in total. The number of nitrogens with zero attached hydrogens (tertiary/aromatic N) is 6. The van der Waals surface area contributed by atoms with Gasteiger partial charge in [-0.2, -0.15) is 0 Å². The minimum atomic E-state index is 0.399. The Kier molecular flexibility index (Phi) is 2.80. The van der Waals surface area contributed by atoms with Gasteiger partial charge in [0, 0.05) is 12.6 Å². The van der Waals surface area contributed by atoms with Crippen molar-refractivity contribution in [3.8, 4) is 11.4 Å². The Labute approximate surface area is 117 Å². The average molecular weight is 317 g/mol. The average Bonchev–Trinajstić information content (AvgIpc) is 3.00. The number of aromatic nitrogens is 5. The summed E-state index contributed by atoms with van der Waals surface area (Å²) in [5.74, 6) is 0.399. The molecule has 0 amide bonds. The Balaban J connectivity index is 2.25. The summed E-state index contributed by atoms with van der Waals surface area (Å²) in [6.45, 7) is 9.94. The summed E-state index contributed by atoms with van der Waals surface area (Å²) < 4.78 is 4.28. The molecule has 0 aliphatic heterocycles. The van der Waals surface area contributed by atoms with Gasteiger partial charge in [-0.15, -0.1) is 4.52 Å². The van der Waals surface area contributed by atoms with Crippen molar-refractivity contribution >= 4 is 27.4 Å². The van der Waals surface area contributed by atoms with Crippen molar-refractivity contribution < 1.29 is 0 Å². The van der Waals surface area contributed by atoms with Crippen LogP contribution in [0.3, 0.4) is 0 Å². The lowest BCUT2D eigenvalue weighted by Crippen LogP contribution is -2.00. The number of hydrogen-bond donors (Lipinski definition) is 0. The summed E-state index contributed by atoms with van der Waals surface area (Å²) in [6.07, 6.45) is 3.28. The molecule has 3 heterocycles. The molecular formula is C12H9BrN6. The van der Waals surface area contributed by atoms with E-state index in [9.17, 15) is 0 Å². The molecule has 7 heteroatoms. The van der Waals surface area contributed by atoms with Gasteiger partial charge in [-0.25, -0.2) is 9.97 Å². The van der Waals surface area contributed by atoms with Crippen LogP contribution in [0.4, 0.5) is 5.82 Å². The van der Waals surface area contributed by atoms with Crippen molar-refractivity contribution in [3.05, 3.63) is 40.7 Å². The highest BCUT2D eigenvalue weighted by Crippen LogP contribution is 2.26. The predicted octanol–water partition coefficient (Wildman–Crippen LogP) is 2.93. The second-order valence-electron chi connectivity index (χ2n) is 3.89. The van der Waals surface area contributed by atoms with Gasteiger partial charge in [0.15, 0.2) is 0 Å². The lowest BCUT2D eigenvalue weighted by Gasteiger charge is -2.04. The van der Waals surface area contributed by atoms with Crippen molar-refractivity contribution in [1.29, 1.82) is 0 Å². The third kappa shape index (κ3) is 1.81. The second kappa shape index (κ2) is 4.48. The lowest BCUT2D eigenvalue weighted by atomic mass is 10.3. The van der Waals surface area contributed by atoms with Crippen LogP contribution in [0.2, 0.25) is 0 Å². The Morgan fingerprint density at radius 3 is 2.95 bits per heavy atom. The van der Waals surface area contributed by atoms with Crippen molar-refractivity contribution in [2.24, 2.45) is 0 Å². The van der Waals surface area contributed by atoms with E-state index in [0.717, 1.165) is 22.5 Å². The van der Waals surface area contributed by atoms with Crippen LogP contribution in [-0.2, 0) is 6.54 Å². The first kappa shape index (κ1) is 11.9. The number of halogens is 1. The normalized spacial score (nSPS) is 10.8. The predicted molar refractivity (Wildman–Crippen MR) is 73.8 cm³/mol. The molecule has 0 atom stereocenters. The molecule has 0 bridgehead atoms. The minimum absolute atomic E-state index is 0.399. The highest BCUT2D eigenvalue weighted by Gasteiger charge is 2.15. The van der Waals surface area contributed by atoms with Crippen LogP contribution in [0.1, 0.15) is 6.92 Å². The first-order valence-electron chi connectivity index (χ1n) is 5.68. The van der Waals surface area contributed by atoms with Crippen molar-refractivity contribution in [2.45, 2.75) is 13.5 Å². The Bertz CT molecular complexity index is 794. The molecule has 0 aromatic carbocycles. The monoisotopic (exact) mass is 316 g/mol. The minimum Gasteiger partial charge on any atom is -0.360 e. The first-order valence-corrected chi connectivity index (χ1v) is 6.47. The van der Waals surface area contributed by atoms with Gasteiger partial charge < -0.3 is 9.41 Å². The van der Waals surface area contributed by atoms with E-state index in [0.29, 0.717) is 11.5 Å². The fourth-order valence-corrected chi connectivity index (χ4v) is 2.44. The number of hydrogen-bond acceptors (Lipinski definition) is 3. The third-order valence-electron chi connectivity index (χ3n) is 2.84. The summed E-state index contributed by atoms with van der Waals surface area (Å²) in [4.78, 5) is 11.8. The van der Waals surface area contributed by atoms with Gasteiger partial charge >= 0.3 is 0 Å². The van der Waals surface area contributed by atoms with Crippen molar-refractivity contribution in [3.63, 3.8) is 0 Å². The van der Waals surface area contributed by atoms with E-state index in [2.05, 4.69) is 35.8 Å². The maximum absolute atomic E-state index is 7.11. The third-order valence-corrected chi connectivity index (χ3v) is 3.42. The Morgan fingerprint density at radius 2 is 2.21 bits per heavy atom. The molecule has 0 saturated heterocycles. The number of aryl methyl sites for hydroxylation is 1. The van der Waals surface area contributed by atoms with Gasteiger partial charge in [-0.3, -0.25) is 0 Å². The summed E-state index contributed by atoms with van der Waals surface area (Å²) in [6, 6.07) is 3.72. The van der Waals surface area contributed by atoms with E-state index in [1.165, 1.54) is 6.20 Å². The molecule has 0 spiro atoms. The first-order chi connectivity index (χ1) is 9.24. The van der Waals surface area contributed by atoms with E-state index in [4.69, 9.17) is 6.57 Å². The van der Waals surface area contributed by atoms with Crippen LogP contribution < -0.4 is 0 Å². The van der Waals surface area contributed by atoms with Crippen LogP contribution >= 0.6 is 15.9 Å². The highest BCUT2D eigenvalue weighted by molar-refractivity contribution is 9.10. The van der Waals surface area contributed by atoms with E-state index in [-0.39, 0.29) is 0 Å². The fraction of sp³-hybridized carbons (Fsp3) is 0.167.